The summed E-state index contributed by atoms with van der Waals surface area (Å²) in [7, 11) is 0. The van der Waals surface area contributed by atoms with Crippen LogP contribution in [-0.4, -0.2) is 52.3 Å². The van der Waals surface area contributed by atoms with Crippen molar-refractivity contribution in [2.45, 2.75) is 37.5 Å². The molecule has 2 atom stereocenters. The van der Waals surface area contributed by atoms with Gasteiger partial charge in [-0.05, 0) is 25.0 Å². The first-order chi connectivity index (χ1) is 14.2. The number of benzene rings is 2. The maximum Gasteiger partial charge on any atom is 0.272 e. The third-order valence-corrected chi connectivity index (χ3v) is 6.00. The van der Waals surface area contributed by atoms with Gasteiger partial charge >= 0.3 is 0 Å². The number of para-hydroxylation sites is 1. The lowest BCUT2D eigenvalue weighted by molar-refractivity contribution is -0.0846. The van der Waals surface area contributed by atoms with Crippen LogP contribution in [0.15, 0.2) is 48.5 Å². The lowest BCUT2D eigenvalue weighted by atomic mass is 9.89. The first kappa shape index (κ1) is 18.3. The fourth-order valence-electron chi connectivity index (χ4n) is 4.58. The van der Waals surface area contributed by atoms with E-state index in [0.717, 1.165) is 23.7 Å². The van der Waals surface area contributed by atoms with Crippen LogP contribution in [0.4, 0.5) is 4.39 Å². The fourth-order valence-corrected chi connectivity index (χ4v) is 4.58. The first-order valence-electron chi connectivity index (χ1n) is 10.00. The van der Waals surface area contributed by atoms with E-state index in [2.05, 4.69) is 20.4 Å². The van der Waals surface area contributed by atoms with Crippen molar-refractivity contribution in [2.75, 3.05) is 13.2 Å². The minimum Gasteiger partial charge on any atom is -0.378 e. The number of nitrogens with zero attached hydrogens (tertiary/aromatic N) is 2. The van der Waals surface area contributed by atoms with Gasteiger partial charge in [-0.2, -0.15) is 5.10 Å². The topological polar surface area (TPSA) is 70.2 Å². The highest BCUT2D eigenvalue weighted by Crippen LogP contribution is 2.30. The zero-order valence-corrected chi connectivity index (χ0v) is 16.0. The Kier molecular flexibility index (Phi) is 4.77. The van der Waals surface area contributed by atoms with E-state index in [4.69, 9.17) is 4.74 Å². The standard InChI is InChI=1S/C22H23FN4O2/c23-19-7-3-1-5-14(19)11-27-16-9-15(10-17(27)13-29-12-16)24-22(28)21-18-6-2-4-8-20(18)25-26-21/h1-8,15-17H,9-13H2,(H,24,28)(H,25,26). The Bertz CT molecular complexity index is 1020. The van der Waals surface area contributed by atoms with E-state index in [1.54, 1.807) is 6.07 Å². The predicted octanol–water partition coefficient (Wildman–Crippen LogP) is 2.86. The lowest BCUT2D eigenvalue weighted by Gasteiger charge is -2.48. The van der Waals surface area contributed by atoms with Crippen LogP contribution in [0.5, 0.6) is 0 Å². The smallest absolute Gasteiger partial charge is 0.272 e. The van der Waals surface area contributed by atoms with Crippen LogP contribution in [0.1, 0.15) is 28.9 Å². The van der Waals surface area contributed by atoms with Gasteiger partial charge < -0.3 is 10.1 Å². The maximum absolute atomic E-state index is 14.1. The van der Waals surface area contributed by atoms with Crippen molar-refractivity contribution in [2.24, 2.45) is 0 Å². The number of halogens is 1. The van der Waals surface area contributed by atoms with Gasteiger partial charge in [-0.1, -0.05) is 36.4 Å². The van der Waals surface area contributed by atoms with Gasteiger partial charge in [-0.3, -0.25) is 14.8 Å². The molecule has 6 nitrogen and oxygen atoms in total. The van der Waals surface area contributed by atoms with Gasteiger partial charge in [0.05, 0.1) is 18.7 Å². The number of carbonyl (C=O) groups is 1. The Balaban J connectivity index is 1.29. The number of hydrogen-bond donors (Lipinski definition) is 2. The molecule has 0 saturated carbocycles. The Morgan fingerprint density at radius 3 is 2.66 bits per heavy atom. The second-order valence-corrected chi connectivity index (χ2v) is 7.87. The van der Waals surface area contributed by atoms with Crippen LogP contribution in [0.25, 0.3) is 10.9 Å². The summed E-state index contributed by atoms with van der Waals surface area (Å²) in [6.07, 6.45) is 1.55. The third-order valence-electron chi connectivity index (χ3n) is 6.00. The molecule has 2 N–H and O–H groups in total. The molecule has 3 heterocycles. The number of fused-ring (bicyclic) bond motifs is 3. The van der Waals surface area contributed by atoms with E-state index < -0.39 is 0 Å². The van der Waals surface area contributed by atoms with Crippen molar-refractivity contribution in [3.05, 3.63) is 65.6 Å². The second kappa shape index (κ2) is 7.57. The minimum absolute atomic E-state index is 0.0498. The SMILES string of the molecule is O=C(NC1CC2COCC(C1)N2Cc1ccccc1F)c1n[nH]c2ccccc12. The second-order valence-electron chi connectivity index (χ2n) is 7.87. The van der Waals surface area contributed by atoms with Crippen LogP contribution < -0.4 is 5.32 Å². The van der Waals surface area contributed by atoms with E-state index in [-0.39, 0.29) is 29.8 Å². The molecule has 2 aliphatic rings. The Morgan fingerprint density at radius 2 is 1.86 bits per heavy atom. The number of aromatic amines is 1. The molecule has 2 bridgehead atoms. The Hall–Kier alpha value is -2.77. The number of piperidine rings is 1. The van der Waals surface area contributed by atoms with E-state index >= 15 is 0 Å². The van der Waals surface area contributed by atoms with Crippen molar-refractivity contribution in [1.82, 2.24) is 20.4 Å². The molecule has 0 aliphatic carbocycles. The van der Waals surface area contributed by atoms with Gasteiger partial charge in [0.2, 0.25) is 0 Å². The van der Waals surface area contributed by atoms with Crippen molar-refractivity contribution in [3.63, 3.8) is 0 Å². The van der Waals surface area contributed by atoms with Crippen LogP contribution in [-0.2, 0) is 11.3 Å². The quantitative estimate of drug-likeness (QED) is 0.714. The number of amides is 1. The summed E-state index contributed by atoms with van der Waals surface area (Å²) in [6.45, 7) is 1.77. The van der Waals surface area contributed by atoms with Crippen LogP contribution in [0, 0.1) is 5.82 Å². The summed E-state index contributed by atoms with van der Waals surface area (Å²) in [4.78, 5) is 15.2. The molecule has 0 spiro atoms. The van der Waals surface area contributed by atoms with Gasteiger partial charge in [0.15, 0.2) is 5.69 Å². The van der Waals surface area contributed by atoms with Gasteiger partial charge in [0.25, 0.3) is 5.91 Å². The van der Waals surface area contributed by atoms with Crippen molar-refractivity contribution in [1.29, 1.82) is 0 Å². The largest absolute Gasteiger partial charge is 0.378 e. The summed E-state index contributed by atoms with van der Waals surface area (Å²) in [6, 6.07) is 14.9. The van der Waals surface area contributed by atoms with Gasteiger partial charge in [-0.25, -0.2) is 4.39 Å². The lowest BCUT2D eigenvalue weighted by Crippen LogP contribution is -2.60. The molecule has 2 fully saturated rings. The zero-order valence-electron chi connectivity index (χ0n) is 16.0. The molecule has 0 radical (unpaired) electrons. The fraction of sp³-hybridized carbons (Fsp3) is 0.364. The summed E-state index contributed by atoms with van der Waals surface area (Å²) in [5.74, 6) is -0.332. The van der Waals surface area contributed by atoms with Crippen LogP contribution in [0.3, 0.4) is 0 Å². The summed E-state index contributed by atoms with van der Waals surface area (Å²) < 4.78 is 19.9. The summed E-state index contributed by atoms with van der Waals surface area (Å²) >= 11 is 0. The summed E-state index contributed by atoms with van der Waals surface area (Å²) in [5.41, 5.74) is 1.98. The normalized spacial score (nSPS) is 24.5. The molecule has 29 heavy (non-hydrogen) atoms. The molecule has 5 rings (SSSR count). The number of nitrogens with one attached hydrogen (secondary N) is 2. The number of hydrogen-bond acceptors (Lipinski definition) is 4. The van der Waals surface area contributed by atoms with Crippen LogP contribution >= 0.6 is 0 Å². The van der Waals surface area contributed by atoms with Gasteiger partial charge in [0, 0.05) is 35.6 Å². The third kappa shape index (κ3) is 3.52. The Morgan fingerprint density at radius 1 is 1.14 bits per heavy atom. The Labute approximate surface area is 168 Å². The van der Waals surface area contributed by atoms with Crippen molar-refractivity contribution < 1.29 is 13.9 Å². The molecule has 3 aromatic rings. The highest BCUT2D eigenvalue weighted by atomic mass is 19.1. The monoisotopic (exact) mass is 394 g/mol. The number of ether oxygens (including phenoxy) is 1. The average molecular weight is 394 g/mol. The molecule has 7 heteroatoms. The van der Waals surface area contributed by atoms with E-state index in [1.165, 1.54) is 6.07 Å². The molecule has 150 valence electrons. The molecule has 1 aromatic heterocycles. The summed E-state index contributed by atoms with van der Waals surface area (Å²) in [5, 5.41) is 11.1. The van der Waals surface area contributed by atoms with Crippen molar-refractivity contribution in [3.8, 4) is 0 Å². The molecule has 2 aliphatic heterocycles. The number of H-pyrrole nitrogens is 1. The molecule has 2 unspecified atom stereocenters. The van der Waals surface area contributed by atoms with E-state index in [9.17, 15) is 9.18 Å². The average Bonchev–Trinajstić information content (AvgIpc) is 3.14. The van der Waals surface area contributed by atoms with Crippen LogP contribution in [0.2, 0.25) is 0 Å². The molecular weight excluding hydrogens is 371 g/mol. The highest BCUT2D eigenvalue weighted by molar-refractivity contribution is 6.04. The first-order valence-corrected chi connectivity index (χ1v) is 10.00. The minimum atomic E-state index is -0.174. The zero-order chi connectivity index (χ0) is 19.8. The van der Waals surface area contributed by atoms with Crippen molar-refractivity contribution >= 4 is 16.8 Å². The van der Waals surface area contributed by atoms with Gasteiger partial charge in [0.1, 0.15) is 5.82 Å². The highest BCUT2D eigenvalue weighted by Gasteiger charge is 2.39. The number of aromatic nitrogens is 2. The maximum atomic E-state index is 14.1. The molecule has 1 amide bonds. The van der Waals surface area contributed by atoms with E-state index in [0.29, 0.717) is 31.0 Å². The number of morpholine rings is 1. The number of carbonyl (C=O) groups excluding carboxylic acids is 1. The number of rotatable bonds is 4. The molecule has 2 saturated heterocycles. The van der Waals surface area contributed by atoms with E-state index in [1.807, 2.05) is 36.4 Å². The molecular formula is C22H23FN4O2. The van der Waals surface area contributed by atoms with Gasteiger partial charge in [-0.15, -0.1) is 0 Å². The molecule has 2 aromatic carbocycles. The predicted molar refractivity (Wildman–Crippen MR) is 107 cm³/mol.